The number of aromatic nitrogens is 1. The Hall–Kier alpha value is -5.05. The number of para-hydroxylation sites is 1. The molecule has 0 saturated carbocycles. The number of benzene rings is 7. The molecule has 0 atom stereocenters. The molecule has 1 nitrogen and oxygen atoms in total. The van der Waals surface area contributed by atoms with E-state index in [-0.39, 0.29) is 0 Å². The summed E-state index contributed by atoms with van der Waals surface area (Å²) >= 11 is 1.74. The Morgan fingerprint density at radius 2 is 0.878 bits per heavy atom. The van der Waals surface area contributed by atoms with Gasteiger partial charge in [0, 0.05) is 5.56 Å². The smallest absolute Gasteiger partial charge is 0.124 e. The van der Waals surface area contributed by atoms with Gasteiger partial charge in [0.25, 0.3) is 0 Å². The van der Waals surface area contributed by atoms with Crippen molar-refractivity contribution in [3.8, 4) is 44.0 Å². The summed E-state index contributed by atoms with van der Waals surface area (Å²) in [5, 5.41) is 6.14. The van der Waals surface area contributed by atoms with Crippen molar-refractivity contribution in [2.75, 3.05) is 0 Å². The monoisotopic (exact) mass is 539 g/mol. The Bertz CT molecular complexity index is 2140. The molecule has 0 unspecified atom stereocenters. The number of thiazole rings is 1. The number of hydrogen-bond acceptors (Lipinski definition) is 2. The van der Waals surface area contributed by atoms with Gasteiger partial charge >= 0.3 is 0 Å². The van der Waals surface area contributed by atoms with Gasteiger partial charge in [0.05, 0.1) is 10.2 Å². The zero-order valence-electron chi connectivity index (χ0n) is 22.3. The average molecular weight is 540 g/mol. The fourth-order valence-electron chi connectivity index (χ4n) is 5.99. The summed E-state index contributed by atoms with van der Waals surface area (Å²) in [4.78, 5) is 4.86. The molecule has 0 amide bonds. The minimum Gasteiger partial charge on any atom is -0.236 e. The van der Waals surface area contributed by atoms with Crippen molar-refractivity contribution in [3.63, 3.8) is 0 Å². The van der Waals surface area contributed by atoms with Crippen LogP contribution in [-0.2, 0) is 0 Å². The van der Waals surface area contributed by atoms with Crippen LogP contribution in [0.5, 0.6) is 0 Å². The van der Waals surface area contributed by atoms with Crippen molar-refractivity contribution in [2.24, 2.45) is 0 Å². The van der Waals surface area contributed by atoms with Gasteiger partial charge in [0.15, 0.2) is 0 Å². The topological polar surface area (TPSA) is 12.9 Å². The molecule has 0 aliphatic rings. The standard InChI is InChI=1S/C39H25NS/c1-3-11-27(12-4-1)37-31-15-7-8-16-32(31)38(28-13-5-2-6-14-28)34-25-30(23-24-33(34)37)26-19-21-29(22-20-26)39-40-35-17-9-10-18-36(35)41-39/h1-25H. The molecule has 0 radical (unpaired) electrons. The highest BCUT2D eigenvalue weighted by molar-refractivity contribution is 7.21. The molecule has 2 heteroatoms. The van der Waals surface area contributed by atoms with E-state index in [1.165, 1.54) is 59.6 Å². The third-order valence-electron chi connectivity index (χ3n) is 7.91. The molecule has 0 saturated heterocycles. The lowest BCUT2D eigenvalue weighted by Crippen LogP contribution is -1.91. The quantitative estimate of drug-likeness (QED) is 0.203. The van der Waals surface area contributed by atoms with Crippen LogP contribution in [0.15, 0.2) is 152 Å². The molecule has 1 heterocycles. The summed E-state index contributed by atoms with van der Waals surface area (Å²) in [5.41, 5.74) is 9.65. The third kappa shape index (κ3) is 4.12. The van der Waals surface area contributed by atoms with E-state index >= 15 is 0 Å². The van der Waals surface area contributed by atoms with Crippen molar-refractivity contribution in [1.82, 2.24) is 4.98 Å². The SMILES string of the molecule is c1ccc(-c2c3ccccc3c(-c3ccccc3)c3cc(-c4ccc(-c5nc6ccccc6s5)cc4)ccc23)cc1. The van der Waals surface area contributed by atoms with Gasteiger partial charge in [-0.25, -0.2) is 4.98 Å². The highest BCUT2D eigenvalue weighted by Crippen LogP contribution is 2.44. The molecule has 0 spiro atoms. The third-order valence-corrected chi connectivity index (χ3v) is 8.99. The highest BCUT2D eigenvalue weighted by Gasteiger charge is 2.17. The van der Waals surface area contributed by atoms with Crippen LogP contribution >= 0.6 is 11.3 Å². The van der Waals surface area contributed by atoms with Crippen LogP contribution in [0, 0.1) is 0 Å². The van der Waals surface area contributed by atoms with E-state index in [2.05, 4.69) is 146 Å². The van der Waals surface area contributed by atoms with E-state index in [0.717, 1.165) is 16.1 Å². The molecule has 41 heavy (non-hydrogen) atoms. The zero-order valence-corrected chi connectivity index (χ0v) is 23.1. The minimum atomic E-state index is 1.06. The Morgan fingerprint density at radius 1 is 0.366 bits per heavy atom. The molecule has 8 aromatic rings. The highest BCUT2D eigenvalue weighted by atomic mass is 32.1. The van der Waals surface area contributed by atoms with Gasteiger partial charge in [-0.15, -0.1) is 11.3 Å². The van der Waals surface area contributed by atoms with E-state index < -0.39 is 0 Å². The second-order valence-corrected chi connectivity index (χ2v) is 11.4. The van der Waals surface area contributed by atoms with Crippen LogP contribution in [-0.4, -0.2) is 4.98 Å². The number of rotatable bonds is 4. The van der Waals surface area contributed by atoms with Gasteiger partial charge in [-0.3, -0.25) is 0 Å². The lowest BCUT2D eigenvalue weighted by molar-refractivity contribution is 1.48. The predicted octanol–water partition coefficient (Wildman–Crippen LogP) is 11.3. The van der Waals surface area contributed by atoms with Crippen LogP contribution in [0.2, 0.25) is 0 Å². The molecule has 8 rings (SSSR count). The predicted molar refractivity (Wildman–Crippen MR) is 176 cm³/mol. The fourth-order valence-corrected chi connectivity index (χ4v) is 6.96. The molecule has 0 aliphatic heterocycles. The largest absolute Gasteiger partial charge is 0.236 e. The Kier molecular flexibility index (Phi) is 5.72. The first-order chi connectivity index (χ1) is 20.3. The maximum Gasteiger partial charge on any atom is 0.124 e. The molecular weight excluding hydrogens is 515 g/mol. The molecule has 0 fully saturated rings. The fraction of sp³-hybridized carbons (Fsp3) is 0. The minimum absolute atomic E-state index is 1.06. The Balaban J connectivity index is 1.34. The van der Waals surface area contributed by atoms with Crippen molar-refractivity contribution in [3.05, 3.63) is 152 Å². The van der Waals surface area contributed by atoms with Gasteiger partial charge in [0.2, 0.25) is 0 Å². The first-order valence-electron chi connectivity index (χ1n) is 13.9. The van der Waals surface area contributed by atoms with Crippen LogP contribution in [0.1, 0.15) is 0 Å². The van der Waals surface area contributed by atoms with E-state index in [4.69, 9.17) is 4.98 Å². The second kappa shape index (κ2) is 9.85. The van der Waals surface area contributed by atoms with Gasteiger partial charge in [-0.05, 0) is 73.1 Å². The van der Waals surface area contributed by atoms with Crippen LogP contribution in [0.3, 0.4) is 0 Å². The molecule has 0 bridgehead atoms. The molecule has 0 N–H and O–H groups in total. The van der Waals surface area contributed by atoms with Gasteiger partial charge < -0.3 is 0 Å². The Labute approximate surface area is 243 Å². The van der Waals surface area contributed by atoms with Crippen molar-refractivity contribution < 1.29 is 0 Å². The summed E-state index contributed by atoms with van der Waals surface area (Å²) in [7, 11) is 0. The van der Waals surface area contributed by atoms with Crippen molar-refractivity contribution in [1.29, 1.82) is 0 Å². The number of hydrogen-bond donors (Lipinski definition) is 0. The van der Waals surface area contributed by atoms with Gasteiger partial charge in [-0.2, -0.15) is 0 Å². The molecule has 192 valence electrons. The van der Waals surface area contributed by atoms with E-state index in [1.807, 2.05) is 6.07 Å². The molecule has 7 aromatic carbocycles. The van der Waals surface area contributed by atoms with Gasteiger partial charge in [0.1, 0.15) is 5.01 Å². The summed E-state index contributed by atoms with van der Waals surface area (Å²) in [6.45, 7) is 0. The van der Waals surface area contributed by atoms with Crippen LogP contribution in [0.4, 0.5) is 0 Å². The molecule has 1 aromatic heterocycles. The summed E-state index contributed by atoms with van der Waals surface area (Å²) < 4.78 is 1.22. The zero-order chi connectivity index (χ0) is 27.2. The number of fused-ring (bicyclic) bond motifs is 3. The molecule has 0 aliphatic carbocycles. The van der Waals surface area contributed by atoms with E-state index in [9.17, 15) is 0 Å². The summed E-state index contributed by atoms with van der Waals surface area (Å²) in [6.07, 6.45) is 0. The summed E-state index contributed by atoms with van der Waals surface area (Å²) in [5.74, 6) is 0. The summed E-state index contributed by atoms with van der Waals surface area (Å²) in [6, 6.07) is 54.6. The average Bonchev–Trinajstić information content (AvgIpc) is 3.49. The van der Waals surface area contributed by atoms with E-state index in [0.29, 0.717) is 0 Å². The maximum atomic E-state index is 4.86. The molecular formula is C39H25NS. The van der Waals surface area contributed by atoms with Crippen LogP contribution in [0.25, 0.3) is 75.7 Å². The van der Waals surface area contributed by atoms with Crippen molar-refractivity contribution >= 4 is 43.1 Å². The first-order valence-corrected chi connectivity index (χ1v) is 14.7. The Morgan fingerprint density at radius 3 is 1.54 bits per heavy atom. The van der Waals surface area contributed by atoms with Crippen LogP contribution < -0.4 is 0 Å². The first kappa shape index (κ1) is 23.8. The second-order valence-electron chi connectivity index (χ2n) is 10.4. The maximum absolute atomic E-state index is 4.86. The normalized spacial score (nSPS) is 11.4. The van der Waals surface area contributed by atoms with Gasteiger partial charge in [-0.1, -0.05) is 133 Å². The van der Waals surface area contributed by atoms with Crippen molar-refractivity contribution in [2.45, 2.75) is 0 Å². The van der Waals surface area contributed by atoms with E-state index in [1.54, 1.807) is 11.3 Å². The number of nitrogens with zero attached hydrogens (tertiary/aromatic N) is 1. The lowest BCUT2D eigenvalue weighted by Gasteiger charge is -2.18. The lowest BCUT2D eigenvalue weighted by atomic mass is 9.85.